The Bertz CT molecular complexity index is 653. The summed E-state index contributed by atoms with van der Waals surface area (Å²) in [6.45, 7) is 0. The number of nitrogens with one attached hydrogen (secondary N) is 2. The van der Waals surface area contributed by atoms with Crippen LogP contribution in [0.5, 0.6) is 0 Å². The fourth-order valence-electron chi connectivity index (χ4n) is 1.69. The Hall–Kier alpha value is -2.27. The highest BCUT2D eigenvalue weighted by molar-refractivity contribution is 6.32. The molecule has 0 atom stereocenters. The van der Waals surface area contributed by atoms with E-state index in [1.165, 1.54) is 6.26 Å². The van der Waals surface area contributed by atoms with Gasteiger partial charge in [0.1, 0.15) is 10.9 Å². The van der Waals surface area contributed by atoms with Crippen LogP contribution < -0.4 is 5.43 Å². The molecule has 0 saturated carbocycles. The minimum atomic E-state index is -0.271. The van der Waals surface area contributed by atoms with Gasteiger partial charge >= 0.3 is 0 Å². The number of nitrogens with zero attached hydrogens (tertiary/aromatic N) is 1. The number of hydrogen-bond acceptors (Lipinski definition) is 3. The van der Waals surface area contributed by atoms with Crippen molar-refractivity contribution in [1.82, 2.24) is 10.4 Å². The van der Waals surface area contributed by atoms with Crippen molar-refractivity contribution in [3.63, 3.8) is 0 Å². The molecule has 2 aromatic heterocycles. The Morgan fingerprint density at radius 1 is 1.33 bits per heavy atom. The fourth-order valence-corrected chi connectivity index (χ4v) is 1.87. The number of carbonyl (C=O) groups excluding carboxylic acids is 1. The monoisotopic (exact) mass is 261 g/mol. The van der Waals surface area contributed by atoms with Gasteiger partial charge < -0.3 is 9.40 Å². The van der Waals surface area contributed by atoms with Crippen LogP contribution in [0.15, 0.2) is 45.6 Å². The lowest BCUT2D eigenvalue weighted by molar-refractivity contribution is -0.116. The lowest BCUT2D eigenvalue weighted by Gasteiger charge is -1.96. The van der Waals surface area contributed by atoms with E-state index in [0.29, 0.717) is 22.2 Å². The molecule has 0 aliphatic carbocycles. The highest BCUT2D eigenvalue weighted by Gasteiger charge is 2.25. The molecule has 2 aromatic rings. The van der Waals surface area contributed by atoms with Gasteiger partial charge in [-0.05, 0) is 30.3 Å². The second-order valence-corrected chi connectivity index (χ2v) is 4.11. The van der Waals surface area contributed by atoms with Crippen LogP contribution in [-0.4, -0.2) is 16.6 Å². The quantitative estimate of drug-likeness (QED) is 0.814. The maximum atomic E-state index is 11.7. The minimum absolute atomic E-state index is 0.271. The first-order valence-corrected chi connectivity index (χ1v) is 5.60. The van der Waals surface area contributed by atoms with Gasteiger partial charge in [-0.1, -0.05) is 11.6 Å². The average molecular weight is 262 g/mol. The van der Waals surface area contributed by atoms with Crippen LogP contribution in [0.1, 0.15) is 11.5 Å². The molecule has 6 heteroatoms. The third-order valence-corrected chi connectivity index (χ3v) is 2.72. The van der Waals surface area contributed by atoms with Crippen LogP contribution in [0.25, 0.3) is 6.08 Å². The van der Waals surface area contributed by atoms with Crippen molar-refractivity contribution in [2.75, 3.05) is 0 Å². The second kappa shape index (κ2) is 4.19. The number of furan rings is 1. The maximum absolute atomic E-state index is 11.7. The summed E-state index contributed by atoms with van der Waals surface area (Å²) in [6.07, 6.45) is 3.21. The summed E-state index contributed by atoms with van der Waals surface area (Å²) in [5.74, 6) is 0.268. The van der Waals surface area contributed by atoms with E-state index in [-0.39, 0.29) is 5.91 Å². The zero-order valence-electron chi connectivity index (χ0n) is 9.11. The molecule has 3 rings (SSSR count). The van der Waals surface area contributed by atoms with Crippen molar-refractivity contribution in [3.05, 3.63) is 52.7 Å². The third kappa shape index (κ3) is 1.84. The summed E-state index contributed by atoms with van der Waals surface area (Å²) < 4.78 is 5.24. The van der Waals surface area contributed by atoms with Gasteiger partial charge in [0.05, 0.1) is 11.8 Å². The van der Waals surface area contributed by atoms with Crippen molar-refractivity contribution in [2.24, 2.45) is 5.10 Å². The number of amides is 1. The number of hydrogen-bond donors (Lipinski definition) is 2. The molecule has 0 fully saturated rings. The summed E-state index contributed by atoms with van der Waals surface area (Å²) in [6, 6.07) is 6.98. The van der Waals surface area contributed by atoms with Crippen molar-refractivity contribution >= 4 is 29.3 Å². The predicted molar refractivity (Wildman–Crippen MR) is 67.2 cm³/mol. The first kappa shape index (κ1) is 10.9. The number of carbonyl (C=O) groups is 1. The zero-order valence-corrected chi connectivity index (χ0v) is 9.86. The molecule has 0 radical (unpaired) electrons. The Morgan fingerprint density at radius 2 is 2.22 bits per heavy atom. The van der Waals surface area contributed by atoms with Gasteiger partial charge in [0, 0.05) is 5.69 Å². The molecular weight excluding hydrogens is 254 g/mol. The van der Waals surface area contributed by atoms with Crippen LogP contribution in [0, 0.1) is 0 Å². The third-order valence-electron chi connectivity index (χ3n) is 2.50. The second-order valence-electron chi connectivity index (χ2n) is 3.70. The Balaban J connectivity index is 2.01. The Morgan fingerprint density at radius 3 is 2.89 bits per heavy atom. The molecule has 1 aliphatic rings. The normalized spacial score (nSPS) is 17.1. The van der Waals surface area contributed by atoms with Crippen molar-refractivity contribution in [3.8, 4) is 0 Å². The van der Waals surface area contributed by atoms with E-state index < -0.39 is 0 Å². The number of H-pyrrole nitrogens is 1. The average Bonchev–Trinajstić information content (AvgIpc) is 3.03. The first-order valence-electron chi connectivity index (χ1n) is 5.22. The van der Waals surface area contributed by atoms with E-state index in [1.807, 2.05) is 0 Å². The van der Waals surface area contributed by atoms with E-state index in [9.17, 15) is 4.79 Å². The molecule has 18 heavy (non-hydrogen) atoms. The topological polar surface area (TPSA) is 70.4 Å². The molecule has 1 amide bonds. The number of halogens is 1. The Labute approximate surface area is 107 Å². The van der Waals surface area contributed by atoms with Crippen LogP contribution in [-0.2, 0) is 4.79 Å². The van der Waals surface area contributed by atoms with E-state index in [1.54, 1.807) is 30.3 Å². The summed E-state index contributed by atoms with van der Waals surface area (Å²) in [5.41, 5.74) is 4.05. The van der Waals surface area contributed by atoms with E-state index in [2.05, 4.69) is 15.5 Å². The maximum Gasteiger partial charge on any atom is 0.273 e. The number of aromatic nitrogens is 1. The number of aromatic amines is 1. The molecular formula is C12H8ClN3O2. The fraction of sp³-hybridized carbons (Fsp3) is 0. The summed E-state index contributed by atoms with van der Waals surface area (Å²) in [5, 5.41) is 4.46. The zero-order chi connectivity index (χ0) is 12.5. The molecule has 0 saturated heterocycles. The van der Waals surface area contributed by atoms with Gasteiger partial charge in [0.25, 0.3) is 5.91 Å². The van der Waals surface area contributed by atoms with Gasteiger partial charge in [-0.15, -0.1) is 0 Å². The lowest BCUT2D eigenvalue weighted by Crippen LogP contribution is -2.13. The highest BCUT2D eigenvalue weighted by Crippen LogP contribution is 2.18. The summed E-state index contributed by atoms with van der Waals surface area (Å²) in [7, 11) is 0. The van der Waals surface area contributed by atoms with Crippen LogP contribution in [0.4, 0.5) is 0 Å². The highest BCUT2D eigenvalue weighted by atomic mass is 35.5. The molecule has 0 spiro atoms. The van der Waals surface area contributed by atoms with Gasteiger partial charge in [-0.3, -0.25) is 4.79 Å². The SMILES string of the molecule is O=C1NN=C(c2ccco2)C1=Cc1ccc(Cl)[nH]1. The summed E-state index contributed by atoms with van der Waals surface area (Å²) in [4.78, 5) is 14.6. The minimum Gasteiger partial charge on any atom is -0.463 e. The van der Waals surface area contributed by atoms with Gasteiger partial charge in [0.2, 0.25) is 0 Å². The van der Waals surface area contributed by atoms with Gasteiger partial charge in [0.15, 0.2) is 5.76 Å². The van der Waals surface area contributed by atoms with Gasteiger partial charge in [-0.2, -0.15) is 5.10 Å². The first-order chi connectivity index (χ1) is 8.74. The molecule has 3 heterocycles. The molecule has 90 valence electrons. The molecule has 0 aromatic carbocycles. The van der Waals surface area contributed by atoms with Crippen molar-refractivity contribution < 1.29 is 9.21 Å². The Kier molecular flexibility index (Phi) is 2.53. The summed E-state index contributed by atoms with van der Waals surface area (Å²) >= 11 is 5.78. The predicted octanol–water partition coefficient (Wildman–Crippen LogP) is 2.18. The molecule has 0 bridgehead atoms. The van der Waals surface area contributed by atoms with Crippen LogP contribution in [0.2, 0.25) is 5.15 Å². The van der Waals surface area contributed by atoms with Crippen molar-refractivity contribution in [1.29, 1.82) is 0 Å². The van der Waals surface area contributed by atoms with Crippen molar-refractivity contribution in [2.45, 2.75) is 0 Å². The molecule has 0 unspecified atom stereocenters. The number of hydrazone groups is 1. The van der Waals surface area contributed by atoms with Gasteiger partial charge in [-0.25, -0.2) is 5.43 Å². The van der Waals surface area contributed by atoms with E-state index >= 15 is 0 Å². The largest absolute Gasteiger partial charge is 0.463 e. The van der Waals surface area contributed by atoms with E-state index in [4.69, 9.17) is 16.0 Å². The standard InChI is InChI=1S/C12H8ClN3O2/c13-10-4-3-7(14-10)6-8-11(15-16-12(8)17)9-2-1-5-18-9/h1-6,14H,(H,16,17). The molecule has 5 nitrogen and oxygen atoms in total. The molecule has 2 N–H and O–H groups in total. The smallest absolute Gasteiger partial charge is 0.273 e. The van der Waals surface area contributed by atoms with E-state index in [0.717, 1.165) is 5.69 Å². The number of rotatable bonds is 2. The lowest BCUT2D eigenvalue weighted by atomic mass is 10.1. The van der Waals surface area contributed by atoms with Crippen LogP contribution in [0.3, 0.4) is 0 Å². The molecule has 1 aliphatic heterocycles. The van der Waals surface area contributed by atoms with Crippen LogP contribution >= 0.6 is 11.6 Å².